The molecule has 0 amide bonds. The molecule has 1 aromatic heterocycles. The number of carbonyl (C=O) groups is 1. The van der Waals surface area contributed by atoms with Crippen LogP contribution in [-0.2, 0) is 11.8 Å². The van der Waals surface area contributed by atoms with Crippen LogP contribution in [0.15, 0.2) is 12.4 Å². The van der Waals surface area contributed by atoms with Gasteiger partial charge in [-0.1, -0.05) is 6.92 Å². The minimum absolute atomic E-state index is 0.606. The Labute approximate surface area is 94.7 Å². The minimum Gasteiger partial charge on any atom is -0.479 e. The lowest BCUT2D eigenvalue weighted by molar-refractivity contribution is -0.143. The monoisotopic (exact) mass is 223 g/mol. The summed E-state index contributed by atoms with van der Waals surface area (Å²) in [5.41, 5.74) is -0.765. The number of hydrogen-bond acceptors (Lipinski definition) is 3. The van der Waals surface area contributed by atoms with E-state index in [1.807, 2.05) is 29.6 Å². The summed E-state index contributed by atoms with van der Waals surface area (Å²) in [5.74, 6) is 0.0113. The zero-order valence-electron chi connectivity index (χ0n) is 9.68. The van der Waals surface area contributed by atoms with E-state index >= 15 is 0 Å². The fraction of sp³-hybridized carbons (Fsp3) is 0.636. The van der Waals surface area contributed by atoms with Gasteiger partial charge < -0.3 is 14.6 Å². The van der Waals surface area contributed by atoms with Gasteiger partial charge in [-0.05, 0) is 19.3 Å². The number of nitrogens with zero attached hydrogens (tertiary/aromatic N) is 3. The smallest absolute Gasteiger partial charge is 0.329 e. The van der Waals surface area contributed by atoms with Gasteiger partial charge in [-0.25, -0.2) is 9.78 Å². The molecule has 1 aliphatic heterocycles. The van der Waals surface area contributed by atoms with E-state index < -0.39 is 11.5 Å². The van der Waals surface area contributed by atoms with Crippen molar-refractivity contribution in [2.24, 2.45) is 7.05 Å². The van der Waals surface area contributed by atoms with Gasteiger partial charge in [0.25, 0.3) is 0 Å². The van der Waals surface area contributed by atoms with Crippen molar-refractivity contribution < 1.29 is 9.90 Å². The average molecular weight is 223 g/mol. The first-order valence-corrected chi connectivity index (χ1v) is 5.60. The Hall–Kier alpha value is -1.52. The molecule has 0 bridgehead atoms. The number of carboxylic acids is 1. The third-order valence-electron chi connectivity index (χ3n) is 3.51. The fourth-order valence-corrected chi connectivity index (χ4v) is 2.53. The quantitative estimate of drug-likeness (QED) is 0.838. The van der Waals surface area contributed by atoms with Crippen molar-refractivity contribution in [2.45, 2.75) is 31.7 Å². The standard InChI is InChI=1S/C11H17N3O2/c1-3-11(9(15)16)5-4-7-14(11)10-12-6-8-13(10)2/h6,8H,3-5,7H2,1-2H3,(H,15,16). The number of aromatic nitrogens is 2. The van der Waals surface area contributed by atoms with Crippen molar-refractivity contribution in [2.75, 3.05) is 11.4 Å². The summed E-state index contributed by atoms with van der Waals surface area (Å²) in [6, 6.07) is 0. The van der Waals surface area contributed by atoms with Gasteiger partial charge >= 0.3 is 5.97 Å². The molecule has 1 unspecified atom stereocenters. The van der Waals surface area contributed by atoms with Gasteiger partial charge in [-0.2, -0.15) is 0 Å². The van der Waals surface area contributed by atoms with Crippen LogP contribution in [0.1, 0.15) is 26.2 Å². The van der Waals surface area contributed by atoms with E-state index in [-0.39, 0.29) is 0 Å². The molecule has 1 aliphatic rings. The van der Waals surface area contributed by atoms with Gasteiger partial charge in [0.15, 0.2) is 0 Å². The predicted octanol–water partition coefficient (Wildman–Crippen LogP) is 1.25. The average Bonchev–Trinajstić information content (AvgIpc) is 2.83. The predicted molar refractivity (Wildman–Crippen MR) is 60.4 cm³/mol. The highest BCUT2D eigenvalue weighted by Gasteiger charge is 2.47. The van der Waals surface area contributed by atoms with Crippen molar-refractivity contribution in [1.29, 1.82) is 0 Å². The van der Waals surface area contributed by atoms with Crippen molar-refractivity contribution in [3.8, 4) is 0 Å². The van der Waals surface area contributed by atoms with Crippen LogP contribution in [0.2, 0.25) is 0 Å². The molecule has 2 rings (SSSR count). The molecule has 1 atom stereocenters. The first kappa shape index (κ1) is 11.0. The van der Waals surface area contributed by atoms with Crippen LogP contribution < -0.4 is 4.90 Å². The third-order valence-corrected chi connectivity index (χ3v) is 3.51. The molecule has 1 aromatic rings. The Bertz CT molecular complexity index is 402. The second-order valence-electron chi connectivity index (χ2n) is 4.28. The van der Waals surface area contributed by atoms with E-state index in [4.69, 9.17) is 0 Å². The Morgan fingerprint density at radius 2 is 2.44 bits per heavy atom. The van der Waals surface area contributed by atoms with E-state index in [2.05, 4.69) is 4.98 Å². The van der Waals surface area contributed by atoms with Crippen LogP contribution in [0.3, 0.4) is 0 Å². The highest BCUT2D eigenvalue weighted by Crippen LogP contribution is 2.35. The second kappa shape index (κ2) is 3.81. The molecule has 88 valence electrons. The Morgan fingerprint density at radius 1 is 1.69 bits per heavy atom. The highest BCUT2D eigenvalue weighted by atomic mass is 16.4. The summed E-state index contributed by atoms with van der Waals surface area (Å²) in [4.78, 5) is 17.7. The van der Waals surface area contributed by atoms with Crippen LogP contribution in [0.25, 0.3) is 0 Å². The van der Waals surface area contributed by atoms with Gasteiger partial charge in [0, 0.05) is 26.0 Å². The molecule has 0 radical (unpaired) electrons. The van der Waals surface area contributed by atoms with Crippen LogP contribution >= 0.6 is 0 Å². The molecule has 0 saturated carbocycles. The lowest BCUT2D eigenvalue weighted by Gasteiger charge is -2.34. The van der Waals surface area contributed by atoms with E-state index in [1.165, 1.54) is 0 Å². The van der Waals surface area contributed by atoms with E-state index in [1.54, 1.807) is 6.20 Å². The van der Waals surface area contributed by atoms with E-state index in [0.29, 0.717) is 12.8 Å². The zero-order chi connectivity index (χ0) is 11.8. The Morgan fingerprint density at radius 3 is 2.94 bits per heavy atom. The molecule has 16 heavy (non-hydrogen) atoms. The van der Waals surface area contributed by atoms with Gasteiger partial charge in [0.1, 0.15) is 5.54 Å². The van der Waals surface area contributed by atoms with Gasteiger partial charge in [0.05, 0.1) is 0 Å². The molecule has 1 fully saturated rings. The maximum Gasteiger partial charge on any atom is 0.329 e. The Balaban J connectivity index is 2.41. The topological polar surface area (TPSA) is 58.4 Å². The molecule has 2 heterocycles. The van der Waals surface area contributed by atoms with Crippen molar-refractivity contribution in [3.05, 3.63) is 12.4 Å². The highest BCUT2D eigenvalue weighted by molar-refractivity contribution is 5.83. The maximum atomic E-state index is 11.5. The van der Waals surface area contributed by atoms with Crippen molar-refractivity contribution in [1.82, 2.24) is 9.55 Å². The fourth-order valence-electron chi connectivity index (χ4n) is 2.53. The summed E-state index contributed by atoms with van der Waals surface area (Å²) in [6.07, 6.45) is 5.76. The maximum absolute atomic E-state index is 11.5. The molecule has 0 aliphatic carbocycles. The third kappa shape index (κ3) is 1.38. The number of aliphatic carboxylic acids is 1. The number of aryl methyl sites for hydroxylation is 1. The molecule has 1 saturated heterocycles. The normalized spacial score (nSPS) is 25.0. The number of anilines is 1. The SMILES string of the molecule is CCC1(C(=O)O)CCCN1c1nccn1C. The van der Waals surface area contributed by atoms with Crippen LogP contribution in [-0.4, -0.2) is 32.7 Å². The second-order valence-corrected chi connectivity index (χ2v) is 4.28. The molecular formula is C11H17N3O2. The van der Waals surface area contributed by atoms with Gasteiger partial charge in [0.2, 0.25) is 5.95 Å². The largest absolute Gasteiger partial charge is 0.479 e. The molecule has 5 heteroatoms. The minimum atomic E-state index is -0.765. The first-order valence-electron chi connectivity index (χ1n) is 5.60. The number of imidazole rings is 1. The lowest BCUT2D eigenvalue weighted by atomic mass is 9.93. The van der Waals surface area contributed by atoms with Gasteiger partial charge in [-0.15, -0.1) is 0 Å². The lowest BCUT2D eigenvalue weighted by Crippen LogP contribution is -2.51. The summed E-state index contributed by atoms with van der Waals surface area (Å²) in [5, 5.41) is 9.45. The van der Waals surface area contributed by atoms with Gasteiger partial charge in [-0.3, -0.25) is 0 Å². The van der Waals surface area contributed by atoms with Crippen molar-refractivity contribution >= 4 is 11.9 Å². The first-order chi connectivity index (χ1) is 7.62. The number of hydrogen-bond donors (Lipinski definition) is 1. The van der Waals surface area contributed by atoms with Crippen LogP contribution in [0, 0.1) is 0 Å². The van der Waals surface area contributed by atoms with E-state index in [9.17, 15) is 9.90 Å². The van der Waals surface area contributed by atoms with Crippen LogP contribution in [0.4, 0.5) is 5.95 Å². The summed E-state index contributed by atoms with van der Waals surface area (Å²) in [7, 11) is 1.89. The van der Waals surface area contributed by atoms with E-state index in [0.717, 1.165) is 18.9 Å². The number of rotatable bonds is 3. The molecule has 0 spiro atoms. The van der Waals surface area contributed by atoms with Crippen molar-refractivity contribution in [3.63, 3.8) is 0 Å². The summed E-state index contributed by atoms with van der Waals surface area (Å²) >= 11 is 0. The molecule has 1 N–H and O–H groups in total. The molecule has 5 nitrogen and oxygen atoms in total. The summed E-state index contributed by atoms with van der Waals surface area (Å²) < 4.78 is 1.87. The number of carboxylic acid groups (broad SMARTS) is 1. The molecular weight excluding hydrogens is 206 g/mol. The Kier molecular flexibility index (Phi) is 2.61. The zero-order valence-corrected chi connectivity index (χ0v) is 9.68. The summed E-state index contributed by atoms with van der Waals surface area (Å²) in [6.45, 7) is 2.69. The molecule has 0 aromatic carbocycles. The van der Waals surface area contributed by atoms with Crippen LogP contribution in [0.5, 0.6) is 0 Å².